The van der Waals surface area contributed by atoms with Crippen molar-refractivity contribution in [3.63, 3.8) is 0 Å². The van der Waals surface area contributed by atoms with Crippen LogP contribution in [0.15, 0.2) is 60.7 Å². The minimum Gasteiger partial charge on any atom is -0.493 e. The van der Waals surface area contributed by atoms with Crippen molar-refractivity contribution in [2.24, 2.45) is 0 Å². The molecule has 4 nitrogen and oxygen atoms in total. The van der Waals surface area contributed by atoms with Crippen LogP contribution in [-0.4, -0.2) is 19.1 Å². The van der Waals surface area contributed by atoms with Crippen LogP contribution in [0, 0.1) is 0 Å². The third-order valence-electron chi connectivity index (χ3n) is 4.66. The molecule has 0 bridgehead atoms. The SMILES string of the molecule is CCOc1cc2ccccc2cc1C(=O)N[C@H]1CCOc2ccccc21. The average Bonchev–Trinajstić information content (AvgIpc) is 2.68. The molecule has 1 atom stereocenters. The highest BCUT2D eigenvalue weighted by atomic mass is 16.5. The number of hydrogen-bond acceptors (Lipinski definition) is 3. The van der Waals surface area contributed by atoms with E-state index in [0.717, 1.165) is 28.5 Å². The van der Waals surface area contributed by atoms with Crippen molar-refractivity contribution < 1.29 is 14.3 Å². The molecule has 1 aliphatic heterocycles. The van der Waals surface area contributed by atoms with Crippen LogP contribution in [0.25, 0.3) is 10.8 Å². The number of fused-ring (bicyclic) bond motifs is 2. The molecule has 132 valence electrons. The van der Waals surface area contributed by atoms with Crippen LogP contribution < -0.4 is 14.8 Å². The zero-order chi connectivity index (χ0) is 17.9. The van der Waals surface area contributed by atoms with E-state index in [0.29, 0.717) is 24.5 Å². The van der Waals surface area contributed by atoms with Crippen molar-refractivity contribution in [2.75, 3.05) is 13.2 Å². The van der Waals surface area contributed by atoms with Gasteiger partial charge in [-0.25, -0.2) is 0 Å². The normalized spacial score (nSPS) is 15.8. The molecule has 0 unspecified atom stereocenters. The zero-order valence-electron chi connectivity index (χ0n) is 14.7. The maximum absolute atomic E-state index is 13.0. The average molecular weight is 347 g/mol. The van der Waals surface area contributed by atoms with E-state index >= 15 is 0 Å². The fourth-order valence-corrected chi connectivity index (χ4v) is 3.40. The number of para-hydroxylation sites is 1. The number of carbonyl (C=O) groups excluding carboxylic acids is 1. The zero-order valence-corrected chi connectivity index (χ0v) is 14.7. The van der Waals surface area contributed by atoms with E-state index in [1.165, 1.54) is 0 Å². The number of carbonyl (C=O) groups is 1. The first kappa shape index (κ1) is 16.5. The summed E-state index contributed by atoms with van der Waals surface area (Å²) in [6.07, 6.45) is 0.750. The van der Waals surface area contributed by atoms with Gasteiger partial charge in [-0.1, -0.05) is 42.5 Å². The molecule has 0 fully saturated rings. The minimum absolute atomic E-state index is 0.0617. The number of benzene rings is 3. The summed E-state index contributed by atoms with van der Waals surface area (Å²) in [7, 11) is 0. The van der Waals surface area contributed by atoms with Gasteiger partial charge in [-0.2, -0.15) is 0 Å². The van der Waals surface area contributed by atoms with Crippen molar-refractivity contribution in [2.45, 2.75) is 19.4 Å². The van der Waals surface area contributed by atoms with E-state index in [2.05, 4.69) is 5.32 Å². The molecule has 0 spiro atoms. The van der Waals surface area contributed by atoms with Gasteiger partial charge in [0.15, 0.2) is 0 Å². The van der Waals surface area contributed by atoms with Crippen LogP contribution in [-0.2, 0) is 0 Å². The van der Waals surface area contributed by atoms with E-state index in [-0.39, 0.29) is 11.9 Å². The van der Waals surface area contributed by atoms with Gasteiger partial charge in [0.2, 0.25) is 0 Å². The summed E-state index contributed by atoms with van der Waals surface area (Å²) in [5, 5.41) is 5.24. The first-order valence-corrected chi connectivity index (χ1v) is 8.94. The summed E-state index contributed by atoms with van der Waals surface area (Å²) in [5.41, 5.74) is 1.58. The van der Waals surface area contributed by atoms with Crippen molar-refractivity contribution in [3.8, 4) is 11.5 Å². The lowest BCUT2D eigenvalue weighted by Crippen LogP contribution is -2.32. The lowest BCUT2D eigenvalue weighted by Gasteiger charge is -2.27. The Hall–Kier alpha value is -3.01. The van der Waals surface area contributed by atoms with Gasteiger partial charge in [-0.05, 0) is 35.9 Å². The second-order valence-corrected chi connectivity index (χ2v) is 6.33. The third kappa shape index (κ3) is 3.10. The standard InChI is InChI=1S/C22H21NO3/c1-2-25-21-14-16-8-4-3-7-15(16)13-18(21)22(24)23-19-11-12-26-20-10-6-5-9-17(19)20/h3-10,13-14,19H,2,11-12H2,1H3,(H,23,24)/t19-/m0/s1. The molecule has 1 heterocycles. The van der Waals surface area contributed by atoms with Crippen molar-refractivity contribution in [3.05, 3.63) is 71.8 Å². The largest absolute Gasteiger partial charge is 0.493 e. The molecule has 1 N–H and O–H groups in total. The Morgan fingerprint density at radius 1 is 1.12 bits per heavy atom. The Bertz CT molecular complexity index is 951. The summed E-state index contributed by atoms with van der Waals surface area (Å²) in [4.78, 5) is 13.0. The lowest BCUT2D eigenvalue weighted by atomic mass is 9.99. The topological polar surface area (TPSA) is 47.6 Å². The lowest BCUT2D eigenvalue weighted by molar-refractivity contribution is 0.0921. The molecule has 26 heavy (non-hydrogen) atoms. The Balaban J connectivity index is 1.67. The number of amides is 1. The van der Waals surface area contributed by atoms with Crippen LogP contribution in [0.2, 0.25) is 0 Å². The van der Waals surface area contributed by atoms with Gasteiger partial charge >= 0.3 is 0 Å². The molecular weight excluding hydrogens is 326 g/mol. The van der Waals surface area contributed by atoms with Crippen LogP contribution in [0.3, 0.4) is 0 Å². The highest BCUT2D eigenvalue weighted by Gasteiger charge is 2.24. The van der Waals surface area contributed by atoms with E-state index in [4.69, 9.17) is 9.47 Å². The van der Waals surface area contributed by atoms with E-state index in [1.807, 2.05) is 67.6 Å². The molecule has 3 aromatic carbocycles. The summed E-state index contributed by atoms with van der Waals surface area (Å²) in [6, 6.07) is 19.6. The van der Waals surface area contributed by atoms with E-state index in [1.54, 1.807) is 0 Å². The van der Waals surface area contributed by atoms with Gasteiger partial charge in [-0.3, -0.25) is 4.79 Å². The Morgan fingerprint density at radius 2 is 1.85 bits per heavy atom. The predicted octanol–water partition coefficient (Wildman–Crippen LogP) is 4.49. The first-order valence-electron chi connectivity index (χ1n) is 8.94. The molecule has 0 radical (unpaired) electrons. The van der Waals surface area contributed by atoms with E-state index < -0.39 is 0 Å². The highest BCUT2D eigenvalue weighted by molar-refractivity contribution is 6.01. The quantitative estimate of drug-likeness (QED) is 0.756. The number of nitrogens with one attached hydrogen (secondary N) is 1. The van der Waals surface area contributed by atoms with Crippen molar-refractivity contribution >= 4 is 16.7 Å². The Labute approximate surface area is 152 Å². The smallest absolute Gasteiger partial charge is 0.255 e. The predicted molar refractivity (Wildman–Crippen MR) is 102 cm³/mol. The summed E-state index contributed by atoms with van der Waals surface area (Å²) in [5.74, 6) is 1.33. The third-order valence-corrected chi connectivity index (χ3v) is 4.66. The van der Waals surface area contributed by atoms with Crippen molar-refractivity contribution in [1.82, 2.24) is 5.32 Å². The molecule has 4 rings (SSSR count). The highest BCUT2D eigenvalue weighted by Crippen LogP contribution is 2.33. The first-order chi connectivity index (χ1) is 12.8. The summed E-state index contributed by atoms with van der Waals surface area (Å²) in [6.45, 7) is 3.03. The van der Waals surface area contributed by atoms with Gasteiger partial charge in [0.25, 0.3) is 5.91 Å². The second-order valence-electron chi connectivity index (χ2n) is 6.33. The summed E-state index contributed by atoms with van der Waals surface area (Å²) < 4.78 is 11.4. The number of hydrogen-bond donors (Lipinski definition) is 1. The molecule has 0 saturated carbocycles. The molecule has 0 saturated heterocycles. The monoisotopic (exact) mass is 347 g/mol. The minimum atomic E-state index is -0.124. The van der Waals surface area contributed by atoms with Crippen molar-refractivity contribution in [1.29, 1.82) is 0 Å². The fourth-order valence-electron chi connectivity index (χ4n) is 3.40. The Kier molecular flexibility index (Phi) is 4.48. The van der Waals surface area contributed by atoms with Crippen LogP contribution in [0.5, 0.6) is 11.5 Å². The maximum Gasteiger partial charge on any atom is 0.255 e. The van der Waals surface area contributed by atoms with Crippen LogP contribution in [0.1, 0.15) is 35.3 Å². The van der Waals surface area contributed by atoms with Gasteiger partial charge in [0, 0.05) is 12.0 Å². The number of rotatable bonds is 4. The van der Waals surface area contributed by atoms with Gasteiger partial charge in [0.05, 0.1) is 24.8 Å². The fraction of sp³-hybridized carbons (Fsp3) is 0.227. The second kappa shape index (κ2) is 7.08. The van der Waals surface area contributed by atoms with Gasteiger partial charge in [0.1, 0.15) is 11.5 Å². The molecule has 1 amide bonds. The molecule has 0 aliphatic carbocycles. The van der Waals surface area contributed by atoms with E-state index in [9.17, 15) is 4.79 Å². The maximum atomic E-state index is 13.0. The van der Waals surface area contributed by atoms with Gasteiger partial charge in [-0.15, -0.1) is 0 Å². The van der Waals surface area contributed by atoms with Crippen LogP contribution >= 0.6 is 0 Å². The Morgan fingerprint density at radius 3 is 2.65 bits per heavy atom. The van der Waals surface area contributed by atoms with Gasteiger partial charge < -0.3 is 14.8 Å². The summed E-state index contributed by atoms with van der Waals surface area (Å²) >= 11 is 0. The molecular formula is C22H21NO3. The number of ether oxygens (including phenoxy) is 2. The molecule has 0 aromatic heterocycles. The molecule has 1 aliphatic rings. The molecule has 3 aromatic rings. The van der Waals surface area contributed by atoms with Crippen LogP contribution in [0.4, 0.5) is 0 Å². The molecule has 4 heteroatoms.